The third-order valence-corrected chi connectivity index (χ3v) is 3.86. The molecule has 4 nitrogen and oxygen atoms in total. The number of hydrogen-bond donors (Lipinski definition) is 2. The normalized spacial score (nSPS) is 18.6. The molecule has 0 aromatic heterocycles. The predicted molar refractivity (Wildman–Crippen MR) is 61.1 cm³/mol. The Morgan fingerprint density at radius 1 is 1.12 bits per heavy atom. The zero-order valence-corrected chi connectivity index (χ0v) is 9.70. The molecular formula is C11H15NO3S. The van der Waals surface area contributed by atoms with Crippen molar-refractivity contribution in [3.8, 4) is 0 Å². The highest BCUT2D eigenvalue weighted by molar-refractivity contribution is 7.85. The molecule has 1 heterocycles. The Hall–Kier alpha value is -0.910. The lowest BCUT2D eigenvalue weighted by Crippen LogP contribution is -2.26. The number of nitrogens with one attached hydrogen (secondary N) is 1. The zero-order valence-electron chi connectivity index (χ0n) is 8.89. The fraction of sp³-hybridized carbons (Fsp3) is 0.455. The third-order valence-electron chi connectivity index (χ3n) is 2.99. The van der Waals surface area contributed by atoms with Gasteiger partial charge in [0.15, 0.2) is 0 Å². The molecule has 16 heavy (non-hydrogen) atoms. The highest BCUT2D eigenvalue weighted by atomic mass is 32.2. The summed E-state index contributed by atoms with van der Waals surface area (Å²) in [5, 5.41) is 3.28. The van der Waals surface area contributed by atoms with Crippen molar-refractivity contribution in [1.29, 1.82) is 0 Å². The molecule has 88 valence electrons. The molecule has 0 atom stereocenters. The summed E-state index contributed by atoms with van der Waals surface area (Å²) in [5.74, 6) is 0.497. The molecule has 2 rings (SSSR count). The van der Waals surface area contributed by atoms with Gasteiger partial charge in [-0.05, 0) is 49.5 Å². The number of piperidine rings is 1. The summed E-state index contributed by atoms with van der Waals surface area (Å²) in [6.07, 6.45) is 2.15. The molecule has 1 aliphatic rings. The van der Waals surface area contributed by atoms with Crippen molar-refractivity contribution in [1.82, 2.24) is 5.32 Å². The van der Waals surface area contributed by atoms with Gasteiger partial charge in [0.25, 0.3) is 10.1 Å². The fourth-order valence-corrected chi connectivity index (χ4v) is 2.55. The fourth-order valence-electron chi connectivity index (χ4n) is 2.07. The van der Waals surface area contributed by atoms with Gasteiger partial charge < -0.3 is 5.32 Å². The summed E-state index contributed by atoms with van der Waals surface area (Å²) >= 11 is 0. The van der Waals surface area contributed by atoms with E-state index in [4.69, 9.17) is 4.55 Å². The Morgan fingerprint density at radius 3 is 2.19 bits per heavy atom. The molecule has 0 bridgehead atoms. The number of hydrogen-bond acceptors (Lipinski definition) is 3. The second kappa shape index (κ2) is 4.53. The maximum absolute atomic E-state index is 10.9. The highest BCUT2D eigenvalue weighted by Crippen LogP contribution is 2.25. The minimum atomic E-state index is -4.06. The van der Waals surface area contributed by atoms with Crippen LogP contribution >= 0.6 is 0 Å². The van der Waals surface area contributed by atoms with Crippen LogP contribution in [-0.2, 0) is 10.1 Å². The van der Waals surface area contributed by atoms with Crippen LogP contribution in [0.4, 0.5) is 0 Å². The summed E-state index contributed by atoms with van der Waals surface area (Å²) in [5.41, 5.74) is 1.15. The monoisotopic (exact) mass is 241 g/mol. The Labute approximate surface area is 95.4 Å². The van der Waals surface area contributed by atoms with Crippen LogP contribution in [0.15, 0.2) is 29.2 Å². The molecule has 0 spiro atoms. The first-order chi connectivity index (χ1) is 7.57. The van der Waals surface area contributed by atoms with E-state index in [-0.39, 0.29) is 4.90 Å². The largest absolute Gasteiger partial charge is 0.317 e. The average molecular weight is 241 g/mol. The van der Waals surface area contributed by atoms with E-state index in [1.807, 2.05) is 0 Å². The molecule has 1 fully saturated rings. The highest BCUT2D eigenvalue weighted by Gasteiger charge is 2.16. The third kappa shape index (κ3) is 2.61. The lowest BCUT2D eigenvalue weighted by atomic mass is 9.90. The van der Waals surface area contributed by atoms with Crippen molar-refractivity contribution in [2.45, 2.75) is 23.7 Å². The average Bonchev–Trinajstić information content (AvgIpc) is 2.29. The van der Waals surface area contributed by atoms with Crippen LogP contribution in [0.25, 0.3) is 0 Å². The minimum absolute atomic E-state index is 0.0369. The zero-order chi connectivity index (χ0) is 11.6. The van der Waals surface area contributed by atoms with E-state index in [1.165, 1.54) is 12.1 Å². The maximum atomic E-state index is 10.9. The second-order valence-electron chi connectivity index (χ2n) is 4.07. The first-order valence-corrected chi connectivity index (χ1v) is 6.79. The van der Waals surface area contributed by atoms with Crippen LogP contribution in [0.5, 0.6) is 0 Å². The van der Waals surface area contributed by atoms with Gasteiger partial charge in [0.2, 0.25) is 0 Å². The minimum Gasteiger partial charge on any atom is -0.317 e. The van der Waals surface area contributed by atoms with Crippen molar-refractivity contribution < 1.29 is 13.0 Å². The molecule has 0 radical (unpaired) electrons. The van der Waals surface area contributed by atoms with E-state index in [0.717, 1.165) is 31.5 Å². The molecule has 1 aromatic carbocycles. The topological polar surface area (TPSA) is 66.4 Å². The van der Waals surface area contributed by atoms with Gasteiger partial charge >= 0.3 is 0 Å². The molecular weight excluding hydrogens is 226 g/mol. The number of benzene rings is 1. The van der Waals surface area contributed by atoms with Crippen molar-refractivity contribution in [3.63, 3.8) is 0 Å². The summed E-state index contributed by atoms with van der Waals surface area (Å²) in [6.45, 7) is 2.01. The summed E-state index contributed by atoms with van der Waals surface area (Å²) in [4.78, 5) is -0.0369. The summed E-state index contributed by atoms with van der Waals surface area (Å²) in [7, 11) is -4.06. The van der Waals surface area contributed by atoms with E-state index in [0.29, 0.717) is 5.92 Å². The van der Waals surface area contributed by atoms with Crippen molar-refractivity contribution in [3.05, 3.63) is 29.8 Å². The maximum Gasteiger partial charge on any atom is 0.294 e. The molecule has 0 amide bonds. The lowest BCUT2D eigenvalue weighted by Gasteiger charge is -2.22. The lowest BCUT2D eigenvalue weighted by molar-refractivity contribution is 0.460. The SMILES string of the molecule is O=S(=O)(O)c1ccc(C2CCNCC2)cc1. The number of rotatable bonds is 2. The van der Waals surface area contributed by atoms with Gasteiger partial charge in [-0.3, -0.25) is 4.55 Å². The van der Waals surface area contributed by atoms with Crippen LogP contribution in [0.2, 0.25) is 0 Å². The van der Waals surface area contributed by atoms with Crippen LogP contribution in [0, 0.1) is 0 Å². The predicted octanol–water partition coefficient (Wildman–Crippen LogP) is 1.40. The molecule has 1 aromatic rings. The summed E-state index contributed by atoms with van der Waals surface area (Å²) in [6, 6.07) is 6.51. The molecule has 0 aliphatic carbocycles. The molecule has 1 aliphatic heterocycles. The van der Waals surface area contributed by atoms with Crippen LogP contribution in [0.1, 0.15) is 24.3 Å². The van der Waals surface area contributed by atoms with Gasteiger partial charge in [-0.1, -0.05) is 12.1 Å². The van der Waals surface area contributed by atoms with Crippen molar-refractivity contribution in [2.75, 3.05) is 13.1 Å². The van der Waals surface area contributed by atoms with Crippen molar-refractivity contribution in [2.24, 2.45) is 0 Å². The molecule has 5 heteroatoms. The first kappa shape index (κ1) is 11.6. The Balaban J connectivity index is 2.18. The van der Waals surface area contributed by atoms with E-state index in [1.54, 1.807) is 12.1 Å². The van der Waals surface area contributed by atoms with E-state index < -0.39 is 10.1 Å². The first-order valence-electron chi connectivity index (χ1n) is 5.35. The van der Waals surface area contributed by atoms with Gasteiger partial charge in [0.05, 0.1) is 4.90 Å². The van der Waals surface area contributed by atoms with Gasteiger partial charge in [-0.2, -0.15) is 8.42 Å². The Morgan fingerprint density at radius 2 is 1.69 bits per heavy atom. The van der Waals surface area contributed by atoms with E-state index in [2.05, 4.69) is 5.32 Å². The molecule has 1 saturated heterocycles. The molecule has 0 saturated carbocycles. The molecule has 2 N–H and O–H groups in total. The van der Waals surface area contributed by atoms with Crippen LogP contribution in [-0.4, -0.2) is 26.1 Å². The van der Waals surface area contributed by atoms with Gasteiger partial charge in [0, 0.05) is 0 Å². The Bertz CT molecular complexity index is 447. The van der Waals surface area contributed by atoms with Crippen LogP contribution < -0.4 is 5.32 Å². The van der Waals surface area contributed by atoms with E-state index in [9.17, 15) is 8.42 Å². The standard InChI is InChI=1S/C11H15NO3S/c13-16(14,15)11-3-1-9(2-4-11)10-5-7-12-8-6-10/h1-4,10,12H,5-8H2,(H,13,14,15). The van der Waals surface area contributed by atoms with Gasteiger partial charge in [-0.25, -0.2) is 0 Å². The Kier molecular flexibility index (Phi) is 3.28. The molecule has 0 unspecified atom stereocenters. The van der Waals surface area contributed by atoms with Crippen LogP contribution in [0.3, 0.4) is 0 Å². The van der Waals surface area contributed by atoms with Gasteiger partial charge in [0.1, 0.15) is 0 Å². The smallest absolute Gasteiger partial charge is 0.294 e. The van der Waals surface area contributed by atoms with Crippen molar-refractivity contribution >= 4 is 10.1 Å². The summed E-state index contributed by atoms with van der Waals surface area (Å²) < 4.78 is 30.6. The van der Waals surface area contributed by atoms with Gasteiger partial charge in [-0.15, -0.1) is 0 Å². The quantitative estimate of drug-likeness (QED) is 0.768. The second-order valence-corrected chi connectivity index (χ2v) is 5.49. The van der Waals surface area contributed by atoms with E-state index >= 15 is 0 Å².